The average Bonchev–Trinajstić information content (AvgIpc) is 2.60. The van der Waals surface area contributed by atoms with Crippen molar-refractivity contribution in [2.75, 3.05) is 6.61 Å². The lowest BCUT2D eigenvalue weighted by molar-refractivity contribution is -0.121. The van der Waals surface area contributed by atoms with E-state index in [1.807, 2.05) is 50.2 Å². The zero-order valence-corrected chi connectivity index (χ0v) is 17.1. The molecule has 0 aliphatic carbocycles. The van der Waals surface area contributed by atoms with Gasteiger partial charge < -0.3 is 20.5 Å². The Balaban J connectivity index is 0.00000338. The first-order valence-corrected chi connectivity index (χ1v) is 8.44. The summed E-state index contributed by atoms with van der Waals surface area (Å²) in [5.41, 5.74) is 6.58. The highest BCUT2D eigenvalue weighted by atomic mass is 35.5. The number of aromatic nitrogens is 1. The van der Waals surface area contributed by atoms with Crippen LogP contribution < -0.4 is 20.5 Å². The number of amides is 1. The van der Waals surface area contributed by atoms with Crippen LogP contribution in [0.3, 0.4) is 0 Å². The van der Waals surface area contributed by atoms with E-state index in [2.05, 4.69) is 10.3 Å². The minimum absolute atomic E-state index is 0. The molecule has 150 valence electrons. The lowest BCUT2D eigenvalue weighted by atomic mass is 10.2. The van der Waals surface area contributed by atoms with E-state index in [0.29, 0.717) is 37.6 Å². The largest absolute Gasteiger partial charge is 0.494 e. The molecule has 8 heteroatoms. The fourth-order valence-electron chi connectivity index (χ4n) is 2.16. The number of halogens is 2. The van der Waals surface area contributed by atoms with Gasteiger partial charge in [-0.1, -0.05) is 0 Å². The molecule has 0 aliphatic rings. The van der Waals surface area contributed by atoms with E-state index in [0.717, 1.165) is 11.3 Å². The van der Waals surface area contributed by atoms with Crippen molar-refractivity contribution in [3.8, 4) is 17.4 Å². The predicted octanol–water partition coefficient (Wildman–Crippen LogP) is 3.86. The van der Waals surface area contributed by atoms with Crippen LogP contribution in [0.2, 0.25) is 0 Å². The van der Waals surface area contributed by atoms with Gasteiger partial charge in [0.15, 0.2) is 0 Å². The molecule has 0 saturated carbocycles. The summed E-state index contributed by atoms with van der Waals surface area (Å²) in [6, 6.07) is 11.0. The Labute approximate surface area is 172 Å². The molecule has 1 aromatic carbocycles. The maximum Gasteiger partial charge on any atom is 0.220 e. The number of nitrogens with two attached hydrogens (primary N) is 1. The summed E-state index contributed by atoms with van der Waals surface area (Å²) < 4.78 is 11.1. The van der Waals surface area contributed by atoms with Gasteiger partial charge in [0.2, 0.25) is 11.8 Å². The third-order valence-corrected chi connectivity index (χ3v) is 3.47. The molecule has 0 saturated heterocycles. The van der Waals surface area contributed by atoms with E-state index in [4.69, 9.17) is 15.2 Å². The van der Waals surface area contributed by atoms with Crippen molar-refractivity contribution < 1.29 is 14.3 Å². The number of carbonyl (C=O) groups excluding carboxylic acids is 1. The number of ether oxygens (including phenoxy) is 2. The third-order valence-electron chi connectivity index (χ3n) is 3.47. The monoisotopic (exact) mass is 415 g/mol. The second kappa shape index (κ2) is 13.2. The summed E-state index contributed by atoms with van der Waals surface area (Å²) in [5, 5.41) is 2.87. The van der Waals surface area contributed by atoms with Gasteiger partial charge in [-0.05, 0) is 56.2 Å². The van der Waals surface area contributed by atoms with Crippen molar-refractivity contribution in [2.45, 2.75) is 39.3 Å². The second-order valence-corrected chi connectivity index (χ2v) is 5.80. The van der Waals surface area contributed by atoms with Gasteiger partial charge >= 0.3 is 0 Å². The van der Waals surface area contributed by atoms with Gasteiger partial charge in [0.25, 0.3) is 0 Å². The Bertz CT molecular complexity index is 682. The van der Waals surface area contributed by atoms with Gasteiger partial charge in [-0.3, -0.25) is 4.79 Å². The molecular formula is C19H27Cl2N3O3. The van der Waals surface area contributed by atoms with Crippen molar-refractivity contribution in [1.29, 1.82) is 0 Å². The first-order valence-electron chi connectivity index (χ1n) is 8.44. The summed E-state index contributed by atoms with van der Waals surface area (Å²) >= 11 is 0. The maximum absolute atomic E-state index is 11.8. The third kappa shape index (κ3) is 9.47. The summed E-state index contributed by atoms with van der Waals surface area (Å²) in [7, 11) is 0. The van der Waals surface area contributed by atoms with Crippen molar-refractivity contribution in [2.24, 2.45) is 5.73 Å². The van der Waals surface area contributed by atoms with Crippen LogP contribution >= 0.6 is 24.8 Å². The predicted molar refractivity (Wildman–Crippen MR) is 111 cm³/mol. The molecule has 0 radical (unpaired) electrons. The molecule has 0 spiro atoms. The fourth-order valence-corrected chi connectivity index (χ4v) is 2.16. The van der Waals surface area contributed by atoms with E-state index in [-0.39, 0.29) is 36.8 Å². The van der Waals surface area contributed by atoms with Crippen LogP contribution in [0.1, 0.15) is 32.3 Å². The van der Waals surface area contributed by atoms with E-state index < -0.39 is 0 Å². The average molecular weight is 416 g/mol. The SMILES string of the molecule is CCOc1ccc(Oc2cc(CNC(=O)CCC(C)N)ccn2)cc1.Cl.Cl. The molecule has 1 atom stereocenters. The number of hydrogen-bond acceptors (Lipinski definition) is 5. The Morgan fingerprint density at radius 1 is 1.19 bits per heavy atom. The van der Waals surface area contributed by atoms with Crippen LogP contribution in [-0.4, -0.2) is 23.5 Å². The highest BCUT2D eigenvalue weighted by molar-refractivity contribution is 5.85. The van der Waals surface area contributed by atoms with E-state index in [9.17, 15) is 4.79 Å². The minimum atomic E-state index is -0.0110. The van der Waals surface area contributed by atoms with Crippen molar-refractivity contribution in [1.82, 2.24) is 10.3 Å². The summed E-state index contributed by atoms with van der Waals surface area (Å²) in [6.45, 7) is 4.88. The summed E-state index contributed by atoms with van der Waals surface area (Å²) in [4.78, 5) is 16.0. The van der Waals surface area contributed by atoms with E-state index >= 15 is 0 Å². The highest BCUT2D eigenvalue weighted by Crippen LogP contribution is 2.23. The van der Waals surface area contributed by atoms with Crippen LogP contribution in [0, 0.1) is 0 Å². The number of carbonyl (C=O) groups is 1. The molecule has 3 N–H and O–H groups in total. The van der Waals surface area contributed by atoms with Crippen molar-refractivity contribution >= 4 is 30.7 Å². The number of nitrogens with zero attached hydrogens (tertiary/aromatic N) is 1. The Kier molecular flexibility index (Phi) is 12.2. The minimum Gasteiger partial charge on any atom is -0.494 e. The quantitative estimate of drug-likeness (QED) is 0.648. The number of rotatable bonds is 9. The Hall–Kier alpha value is -2.02. The molecule has 1 amide bonds. The van der Waals surface area contributed by atoms with Gasteiger partial charge in [-0.2, -0.15) is 0 Å². The van der Waals surface area contributed by atoms with Crippen LogP contribution in [0.15, 0.2) is 42.6 Å². The molecule has 2 aromatic rings. The smallest absolute Gasteiger partial charge is 0.220 e. The molecule has 0 aliphatic heterocycles. The molecule has 1 unspecified atom stereocenters. The fraction of sp³-hybridized carbons (Fsp3) is 0.368. The molecule has 2 rings (SSSR count). The topological polar surface area (TPSA) is 86.5 Å². The zero-order valence-electron chi connectivity index (χ0n) is 15.5. The first-order chi connectivity index (χ1) is 12.1. The van der Waals surface area contributed by atoms with Gasteiger partial charge in [0.05, 0.1) is 6.61 Å². The van der Waals surface area contributed by atoms with Crippen LogP contribution in [-0.2, 0) is 11.3 Å². The number of nitrogens with one attached hydrogen (secondary N) is 1. The summed E-state index contributed by atoms with van der Waals surface area (Å²) in [6.07, 6.45) is 2.76. The van der Waals surface area contributed by atoms with Gasteiger partial charge in [0, 0.05) is 31.3 Å². The molecule has 6 nitrogen and oxygen atoms in total. The van der Waals surface area contributed by atoms with Crippen molar-refractivity contribution in [3.05, 3.63) is 48.2 Å². The molecule has 0 bridgehead atoms. The lowest BCUT2D eigenvalue weighted by Gasteiger charge is -2.09. The maximum atomic E-state index is 11.8. The number of hydrogen-bond donors (Lipinski definition) is 2. The van der Waals surface area contributed by atoms with Crippen LogP contribution in [0.25, 0.3) is 0 Å². The molecular weight excluding hydrogens is 389 g/mol. The second-order valence-electron chi connectivity index (χ2n) is 5.80. The standard InChI is InChI=1S/C19H25N3O3.2ClH/c1-3-24-16-5-7-17(8-6-16)25-19-12-15(10-11-21-19)13-22-18(23)9-4-14(2)20;;/h5-8,10-12,14H,3-4,9,13,20H2,1-2H3,(H,22,23);2*1H. The Morgan fingerprint density at radius 2 is 1.85 bits per heavy atom. The molecule has 0 fully saturated rings. The zero-order chi connectivity index (χ0) is 18.1. The van der Waals surface area contributed by atoms with E-state index in [1.165, 1.54) is 0 Å². The normalized spacial score (nSPS) is 10.8. The van der Waals surface area contributed by atoms with E-state index in [1.54, 1.807) is 6.20 Å². The van der Waals surface area contributed by atoms with Crippen LogP contribution in [0.4, 0.5) is 0 Å². The summed E-state index contributed by atoms with van der Waals surface area (Å²) in [5.74, 6) is 1.94. The molecule has 1 aromatic heterocycles. The number of benzene rings is 1. The van der Waals surface area contributed by atoms with Gasteiger partial charge in [0.1, 0.15) is 11.5 Å². The van der Waals surface area contributed by atoms with Gasteiger partial charge in [-0.25, -0.2) is 4.98 Å². The lowest BCUT2D eigenvalue weighted by Crippen LogP contribution is -2.25. The van der Waals surface area contributed by atoms with Crippen molar-refractivity contribution in [3.63, 3.8) is 0 Å². The van der Waals surface area contributed by atoms with Gasteiger partial charge in [-0.15, -0.1) is 24.8 Å². The first kappa shape index (κ1) is 25.0. The Morgan fingerprint density at radius 3 is 2.48 bits per heavy atom. The van der Waals surface area contributed by atoms with Crippen LogP contribution in [0.5, 0.6) is 17.4 Å². The highest BCUT2D eigenvalue weighted by Gasteiger charge is 2.05. The molecule has 27 heavy (non-hydrogen) atoms. The number of pyridine rings is 1. The molecule has 1 heterocycles.